The SMILES string of the molecule is Cc1n[nH]nc1C(=O)N(Cc1ccc(F)cc1F)C1CC1. The van der Waals surface area contributed by atoms with E-state index in [9.17, 15) is 13.6 Å². The van der Waals surface area contributed by atoms with Gasteiger partial charge in [0.1, 0.15) is 11.6 Å². The maximum absolute atomic E-state index is 13.8. The van der Waals surface area contributed by atoms with Crippen molar-refractivity contribution in [3.05, 3.63) is 46.8 Å². The number of aromatic amines is 1. The highest BCUT2D eigenvalue weighted by atomic mass is 19.1. The Bertz CT molecular complexity index is 681. The minimum absolute atomic E-state index is 0.0815. The van der Waals surface area contributed by atoms with Crippen molar-refractivity contribution in [3.63, 3.8) is 0 Å². The summed E-state index contributed by atoms with van der Waals surface area (Å²) in [6, 6.07) is 3.46. The van der Waals surface area contributed by atoms with E-state index in [1.807, 2.05) is 0 Å². The molecule has 1 aromatic carbocycles. The van der Waals surface area contributed by atoms with E-state index in [4.69, 9.17) is 0 Å². The van der Waals surface area contributed by atoms with E-state index in [1.165, 1.54) is 12.1 Å². The molecule has 1 fully saturated rings. The first-order chi connectivity index (χ1) is 10.1. The second kappa shape index (κ2) is 5.23. The Kier molecular flexibility index (Phi) is 3.40. The third kappa shape index (κ3) is 2.76. The molecule has 2 aromatic rings. The summed E-state index contributed by atoms with van der Waals surface area (Å²) in [5.74, 6) is -1.56. The summed E-state index contributed by atoms with van der Waals surface area (Å²) < 4.78 is 26.7. The molecule has 0 saturated heterocycles. The van der Waals surface area contributed by atoms with E-state index in [0.717, 1.165) is 18.9 Å². The van der Waals surface area contributed by atoms with E-state index in [1.54, 1.807) is 11.8 Å². The second-order valence-corrected chi connectivity index (χ2v) is 5.16. The van der Waals surface area contributed by atoms with Gasteiger partial charge in [-0.1, -0.05) is 6.07 Å². The Morgan fingerprint density at radius 1 is 1.38 bits per heavy atom. The van der Waals surface area contributed by atoms with Crippen molar-refractivity contribution in [3.8, 4) is 0 Å². The first kappa shape index (κ1) is 13.7. The zero-order valence-electron chi connectivity index (χ0n) is 11.4. The molecule has 7 heteroatoms. The zero-order valence-corrected chi connectivity index (χ0v) is 11.4. The molecule has 5 nitrogen and oxygen atoms in total. The van der Waals surface area contributed by atoms with Gasteiger partial charge in [-0.15, -0.1) is 0 Å². The van der Waals surface area contributed by atoms with Crippen LogP contribution in [0.5, 0.6) is 0 Å². The number of carbonyl (C=O) groups excluding carboxylic acids is 1. The van der Waals surface area contributed by atoms with Gasteiger partial charge in [0.2, 0.25) is 0 Å². The fraction of sp³-hybridized carbons (Fsp3) is 0.357. The molecular weight excluding hydrogens is 278 g/mol. The molecule has 1 aromatic heterocycles. The maximum atomic E-state index is 13.8. The van der Waals surface area contributed by atoms with Crippen LogP contribution in [0.3, 0.4) is 0 Å². The quantitative estimate of drug-likeness (QED) is 0.939. The van der Waals surface area contributed by atoms with Gasteiger partial charge in [0.05, 0.1) is 5.69 Å². The van der Waals surface area contributed by atoms with Crippen LogP contribution in [0, 0.1) is 18.6 Å². The number of nitrogens with zero attached hydrogens (tertiary/aromatic N) is 3. The van der Waals surface area contributed by atoms with Crippen molar-refractivity contribution in [1.29, 1.82) is 0 Å². The molecule has 3 rings (SSSR count). The first-order valence-corrected chi connectivity index (χ1v) is 6.68. The van der Waals surface area contributed by atoms with Gasteiger partial charge in [-0.05, 0) is 25.8 Å². The molecule has 1 N–H and O–H groups in total. The summed E-state index contributed by atoms with van der Waals surface area (Å²) >= 11 is 0. The monoisotopic (exact) mass is 292 g/mol. The lowest BCUT2D eigenvalue weighted by Crippen LogP contribution is -2.33. The normalized spacial score (nSPS) is 14.2. The highest BCUT2D eigenvalue weighted by Gasteiger charge is 2.35. The van der Waals surface area contributed by atoms with Crippen LogP contribution in [0.2, 0.25) is 0 Å². The molecule has 0 radical (unpaired) electrons. The van der Waals surface area contributed by atoms with E-state index >= 15 is 0 Å². The van der Waals surface area contributed by atoms with Gasteiger partial charge < -0.3 is 4.90 Å². The Hall–Kier alpha value is -2.31. The van der Waals surface area contributed by atoms with Crippen LogP contribution in [0.25, 0.3) is 0 Å². The van der Waals surface area contributed by atoms with Crippen LogP contribution in [0.1, 0.15) is 34.6 Å². The third-order valence-corrected chi connectivity index (χ3v) is 3.53. The van der Waals surface area contributed by atoms with Gasteiger partial charge >= 0.3 is 0 Å². The number of hydrogen-bond donors (Lipinski definition) is 1. The predicted molar refractivity (Wildman–Crippen MR) is 70.4 cm³/mol. The number of rotatable bonds is 4. The van der Waals surface area contributed by atoms with Gasteiger partial charge in [0.25, 0.3) is 5.91 Å². The topological polar surface area (TPSA) is 61.9 Å². The first-order valence-electron chi connectivity index (χ1n) is 6.68. The summed E-state index contributed by atoms with van der Waals surface area (Å²) in [6.07, 6.45) is 1.76. The van der Waals surface area contributed by atoms with E-state index in [2.05, 4.69) is 15.4 Å². The summed E-state index contributed by atoms with van der Waals surface area (Å²) in [6.45, 7) is 1.78. The Morgan fingerprint density at radius 3 is 2.71 bits per heavy atom. The number of amides is 1. The number of nitrogens with one attached hydrogen (secondary N) is 1. The molecule has 21 heavy (non-hydrogen) atoms. The van der Waals surface area contributed by atoms with Crippen molar-refractivity contribution < 1.29 is 13.6 Å². The van der Waals surface area contributed by atoms with Crippen molar-refractivity contribution in [2.45, 2.75) is 32.4 Å². The Balaban J connectivity index is 1.85. The van der Waals surface area contributed by atoms with Gasteiger partial charge in [-0.2, -0.15) is 15.4 Å². The van der Waals surface area contributed by atoms with Crippen LogP contribution in [-0.2, 0) is 6.54 Å². The van der Waals surface area contributed by atoms with Crippen LogP contribution in [0.4, 0.5) is 8.78 Å². The Morgan fingerprint density at radius 2 is 2.14 bits per heavy atom. The fourth-order valence-electron chi connectivity index (χ4n) is 2.21. The van der Waals surface area contributed by atoms with Crippen molar-refractivity contribution in [1.82, 2.24) is 20.3 Å². The predicted octanol–water partition coefficient (Wildman–Crippen LogP) is 2.20. The van der Waals surface area contributed by atoms with E-state index in [0.29, 0.717) is 5.69 Å². The third-order valence-electron chi connectivity index (χ3n) is 3.53. The van der Waals surface area contributed by atoms with Gasteiger partial charge in [0.15, 0.2) is 5.69 Å². The fourth-order valence-corrected chi connectivity index (χ4v) is 2.21. The highest BCUT2D eigenvalue weighted by Crippen LogP contribution is 2.30. The van der Waals surface area contributed by atoms with Gasteiger partial charge in [0, 0.05) is 24.2 Å². The van der Waals surface area contributed by atoms with Crippen LogP contribution < -0.4 is 0 Å². The average molecular weight is 292 g/mol. The summed E-state index contributed by atoms with van der Waals surface area (Å²) in [5, 5.41) is 10.1. The van der Waals surface area contributed by atoms with Crippen LogP contribution in [-0.4, -0.2) is 32.3 Å². The van der Waals surface area contributed by atoms with E-state index < -0.39 is 11.6 Å². The molecule has 0 bridgehead atoms. The second-order valence-electron chi connectivity index (χ2n) is 5.16. The van der Waals surface area contributed by atoms with Crippen LogP contribution >= 0.6 is 0 Å². The largest absolute Gasteiger partial charge is 0.330 e. The summed E-state index contributed by atoms with van der Waals surface area (Å²) in [7, 11) is 0. The molecule has 1 amide bonds. The molecule has 0 spiro atoms. The minimum Gasteiger partial charge on any atom is -0.330 e. The molecule has 1 aliphatic carbocycles. The van der Waals surface area contributed by atoms with Crippen LogP contribution in [0.15, 0.2) is 18.2 Å². The molecule has 0 atom stereocenters. The molecule has 1 heterocycles. The molecule has 0 unspecified atom stereocenters. The van der Waals surface area contributed by atoms with Crippen molar-refractivity contribution in [2.75, 3.05) is 0 Å². The molecule has 1 saturated carbocycles. The number of hydrogen-bond acceptors (Lipinski definition) is 3. The van der Waals surface area contributed by atoms with Gasteiger partial charge in [-0.25, -0.2) is 8.78 Å². The number of benzene rings is 1. The number of H-pyrrole nitrogens is 1. The minimum atomic E-state index is -0.648. The molecule has 1 aliphatic rings. The average Bonchev–Trinajstić information content (AvgIpc) is 3.19. The number of aryl methyl sites for hydroxylation is 1. The van der Waals surface area contributed by atoms with Crippen molar-refractivity contribution >= 4 is 5.91 Å². The molecule has 0 aliphatic heterocycles. The highest BCUT2D eigenvalue weighted by molar-refractivity contribution is 5.93. The maximum Gasteiger partial charge on any atom is 0.276 e. The number of halogens is 2. The number of aromatic nitrogens is 3. The van der Waals surface area contributed by atoms with E-state index in [-0.39, 0.29) is 29.8 Å². The Labute approximate surface area is 120 Å². The van der Waals surface area contributed by atoms with Crippen molar-refractivity contribution in [2.24, 2.45) is 0 Å². The standard InChI is InChI=1S/C14H14F2N4O/c1-8-13(18-19-17-8)14(21)20(11-4-5-11)7-9-2-3-10(15)6-12(9)16/h2-3,6,11H,4-5,7H2,1H3,(H,17,18,19). The summed E-state index contributed by atoms with van der Waals surface area (Å²) in [4.78, 5) is 14.1. The molecule has 110 valence electrons. The number of carbonyl (C=O) groups is 1. The van der Waals surface area contributed by atoms with Gasteiger partial charge in [-0.3, -0.25) is 4.79 Å². The zero-order chi connectivity index (χ0) is 15.0. The summed E-state index contributed by atoms with van der Waals surface area (Å²) in [5.41, 5.74) is 1.03. The smallest absolute Gasteiger partial charge is 0.276 e. The lowest BCUT2D eigenvalue weighted by Gasteiger charge is -2.22. The lowest BCUT2D eigenvalue weighted by molar-refractivity contribution is 0.0721. The molecular formula is C14H14F2N4O. The lowest BCUT2D eigenvalue weighted by atomic mass is 10.1.